The Morgan fingerprint density at radius 3 is 2.47 bits per heavy atom. The molecule has 3 aliphatic rings. The smallest absolute Gasteiger partial charge is 0.322 e. The molecule has 2 aromatic rings. The molecular weight excluding hydrogens is 435 g/mol. The van der Waals surface area contributed by atoms with E-state index in [9.17, 15) is 18.8 Å². The minimum absolute atomic E-state index is 0.161. The van der Waals surface area contributed by atoms with Crippen LogP contribution in [0.15, 0.2) is 65.9 Å². The Morgan fingerprint density at radius 1 is 1.12 bits per heavy atom. The highest BCUT2D eigenvalue weighted by atomic mass is 19.1. The van der Waals surface area contributed by atoms with Crippen molar-refractivity contribution in [2.24, 2.45) is 0 Å². The molecule has 4 amide bonds. The predicted octanol–water partition coefficient (Wildman–Crippen LogP) is 2.90. The van der Waals surface area contributed by atoms with Crippen LogP contribution in [-0.2, 0) is 16.0 Å². The molecule has 0 aromatic heterocycles. The minimum Gasteiger partial charge on any atom is -0.352 e. The number of hydrogen-bond acceptors (Lipinski definition) is 3. The van der Waals surface area contributed by atoms with Gasteiger partial charge in [-0.1, -0.05) is 42.5 Å². The van der Waals surface area contributed by atoms with Crippen LogP contribution in [0.1, 0.15) is 36.9 Å². The van der Waals surface area contributed by atoms with Gasteiger partial charge in [-0.2, -0.15) is 0 Å². The molecule has 8 heteroatoms. The molecule has 1 aliphatic carbocycles. The van der Waals surface area contributed by atoms with E-state index in [1.807, 2.05) is 37.3 Å². The fraction of sp³-hybridized carbons (Fsp3) is 0.346. The van der Waals surface area contributed by atoms with Gasteiger partial charge >= 0.3 is 6.03 Å². The first-order valence-corrected chi connectivity index (χ1v) is 11.7. The second kappa shape index (κ2) is 8.93. The Bertz CT molecular complexity index is 1140. The number of urea groups is 1. The van der Waals surface area contributed by atoms with Crippen LogP contribution in [0, 0.1) is 5.82 Å². The van der Waals surface area contributed by atoms with Gasteiger partial charge in [-0.05, 0) is 43.0 Å². The highest BCUT2D eigenvalue weighted by Crippen LogP contribution is 2.37. The molecule has 0 bridgehead atoms. The van der Waals surface area contributed by atoms with E-state index in [0.29, 0.717) is 29.8 Å². The van der Waals surface area contributed by atoms with Crippen LogP contribution >= 0.6 is 0 Å². The Labute approximate surface area is 197 Å². The van der Waals surface area contributed by atoms with Gasteiger partial charge in [0.25, 0.3) is 5.91 Å². The van der Waals surface area contributed by atoms with E-state index in [-0.39, 0.29) is 30.4 Å². The van der Waals surface area contributed by atoms with E-state index >= 15 is 0 Å². The lowest BCUT2D eigenvalue weighted by Gasteiger charge is -2.32. The minimum atomic E-state index is -0.705. The van der Waals surface area contributed by atoms with Crippen molar-refractivity contribution in [1.82, 2.24) is 20.4 Å². The largest absolute Gasteiger partial charge is 0.352 e. The van der Waals surface area contributed by atoms with E-state index in [1.54, 1.807) is 21.9 Å². The zero-order valence-electron chi connectivity index (χ0n) is 19.0. The quantitative estimate of drug-likeness (QED) is 0.664. The summed E-state index contributed by atoms with van der Waals surface area (Å²) < 4.78 is 13.5. The summed E-state index contributed by atoms with van der Waals surface area (Å²) in [6, 6.07) is 13.8. The molecule has 1 saturated carbocycles. The first kappa shape index (κ1) is 22.1. The maximum Gasteiger partial charge on any atom is 0.322 e. The fourth-order valence-electron chi connectivity index (χ4n) is 4.71. The second-order valence-corrected chi connectivity index (χ2v) is 8.96. The molecule has 34 heavy (non-hydrogen) atoms. The Balaban J connectivity index is 1.50. The number of likely N-dealkylation sites (N-methyl/N-ethyl adjacent to an activating group) is 1. The van der Waals surface area contributed by atoms with Crippen molar-refractivity contribution in [2.75, 3.05) is 13.1 Å². The standard InChI is InChI=1S/C26H27FN4O3/c1-2-30-21-15-31(20(24(32)28-19-12-13-19)14-16-6-4-3-5-7-16)25(33)22(21)23(29-26(30)34)17-8-10-18(27)11-9-17/h3-11,19-20,23H,2,12-15H2,1H3,(H,28,32)(H,29,34). The molecule has 2 aromatic carbocycles. The molecule has 2 unspecified atom stereocenters. The molecule has 2 heterocycles. The maximum absolute atomic E-state index is 13.8. The number of benzene rings is 2. The van der Waals surface area contributed by atoms with Crippen molar-refractivity contribution in [3.63, 3.8) is 0 Å². The van der Waals surface area contributed by atoms with E-state index in [0.717, 1.165) is 18.4 Å². The van der Waals surface area contributed by atoms with Crippen LogP contribution in [0.4, 0.5) is 9.18 Å². The topological polar surface area (TPSA) is 81.8 Å². The van der Waals surface area contributed by atoms with Crippen LogP contribution < -0.4 is 10.6 Å². The summed E-state index contributed by atoms with van der Waals surface area (Å²) in [5.41, 5.74) is 2.61. The Kier molecular flexibility index (Phi) is 5.81. The number of hydrogen-bond donors (Lipinski definition) is 2. The number of amides is 4. The second-order valence-electron chi connectivity index (χ2n) is 8.96. The average Bonchev–Trinajstić information content (AvgIpc) is 3.59. The fourth-order valence-corrected chi connectivity index (χ4v) is 4.71. The molecule has 2 N–H and O–H groups in total. The SMILES string of the molecule is CCN1C(=O)NC(c2ccc(F)cc2)C2=C1CN(C(Cc1ccccc1)C(=O)NC1CC1)C2=O. The molecule has 7 nitrogen and oxygen atoms in total. The third-order valence-electron chi connectivity index (χ3n) is 6.64. The van der Waals surface area contributed by atoms with Crippen molar-refractivity contribution in [1.29, 1.82) is 0 Å². The van der Waals surface area contributed by atoms with Crippen LogP contribution in [0.2, 0.25) is 0 Å². The van der Waals surface area contributed by atoms with Crippen molar-refractivity contribution >= 4 is 17.8 Å². The molecule has 0 saturated heterocycles. The van der Waals surface area contributed by atoms with Gasteiger partial charge in [-0.3, -0.25) is 14.5 Å². The highest BCUT2D eigenvalue weighted by molar-refractivity contribution is 6.03. The first-order valence-electron chi connectivity index (χ1n) is 11.7. The van der Waals surface area contributed by atoms with E-state index in [4.69, 9.17) is 0 Å². The number of carbonyl (C=O) groups is 3. The van der Waals surface area contributed by atoms with Gasteiger partial charge in [-0.25, -0.2) is 9.18 Å². The summed E-state index contributed by atoms with van der Waals surface area (Å²) in [6.07, 6.45) is 2.27. The third-order valence-corrected chi connectivity index (χ3v) is 6.64. The number of rotatable bonds is 7. The van der Waals surface area contributed by atoms with Crippen molar-refractivity contribution in [3.05, 3.63) is 82.8 Å². The first-order chi connectivity index (χ1) is 16.5. The molecule has 0 spiro atoms. The van der Waals surface area contributed by atoms with Crippen LogP contribution in [-0.4, -0.2) is 52.8 Å². The number of nitrogens with one attached hydrogen (secondary N) is 2. The summed E-state index contributed by atoms with van der Waals surface area (Å²) in [4.78, 5) is 43.1. The molecule has 2 atom stereocenters. The van der Waals surface area contributed by atoms with Crippen molar-refractivity contribution in [3.8, 4) is 0 Å². The number of halogens is 1. The lowest BCUT2D eigenvalue weighted by molar-refractivity contribution is -0.136. The van der Waals surface area contributed by atoms with Gasteiger partial charge in [-0.15, -0.1) is 0 Å². The predicted molar refractivity (Wildman–Crippen MR) is 124 cm³/mol. The average molecular weight is 463 g/mol. The normalized spacial score (nSPS) is 20.8. The zero-order valence-corrected chi connectivity index (χ0v) is 19.0. The maximum atomic E-state index is 13.8. The number of nitrogens with zero attached hydrogens (tertiary/aromatic N) is 2. The molecule has 5 rings (SSSR count). The lowest BCUT2D eigenvalue weighted by Crippen LogP contribution is -2.50. The van der Waals surface area contributed by atoms with Gasteiger partial charge in [0.1, 0.15) is 11.9 Å². The van der Waals surface area contributed by atoms with E-state index in [1.165, 1.54) is 12.1 Å². The lowest BCUT2D eigenvalue weighted by atomic mass is 9.95. The zero-order chi connectivity index (χ0) is 23.8. The molecular formula is C26H27FN4O3. The molecule has 2 aliphatic heterocycles. The van der Waals surface area contributed by atoms with Gasteiger partial charge in [0.15, 0.2) is 0 Å². The summed E-state index contributed by atoms with van der Waals surface area (Å²) in [5.74, 6) is -0.857. The summed E-state index contributed by atoms with van der Waals surface area (Å²) in [7, 11) is 0. The molecule has 176 valence electrons. The van der Waals surface area contributed by atoms with Crippen LogP contribution in [0.25, 0.3) is 0 Å². The summed E-state index contributed by atoms with van der Waals surface area (Å²) in [6.45, 7) is 2.40. The van der Waals surface area contributed by atoms with Gasteiger partial charge < -0.3 is 15.5 Å². The van der Waals surface area contributed by atoms with Crippen LogP contribution in [0.3, 0.4) is 0 Å². The summed E-state index contributed by atoms with van der Waals surface area (Å²) in [5, 5.41) is 5.94. The Morgan fingerprint density at radius 2 is 1.82 bits per heavy atom. The van der Waals surface area contributed by atoms with Gasteiger partial charge in [0, 0.05) is 19.0 Å². The van der Waals surface area contributed by atoms with Crippen LogP contribution in [0.5, 0.6) is 0 Å². The van der Waals surface area contributed by atoms with E-state index < -0.39 is 17.9 Å². The monoisotopic (exact) mass is 462 g/mol. The van der Waals surface area contributed by atoms with Gasteiger partial charge in [0.2, 0.25) is 5.91 Å². The van der Waals surface area contributed by atoms with E-state index in [2.05, 4.69) is 10.6 Å². The summed E-state index contributed by atoms with van der Waals surface area (Å²) >= 11 is 0. The molecule has 0 radical (unpaired) electrons. The van der Waals surface area contributed by atoms with Crippen molar-refractivity contribution < 1.29 is 18.8 Å². The van der Waals surface area contributed by atoms with Gasteiger partial charge in [0.05, 0.1) is 23.9 Å². The third kappa shape index (κ3) is 4.16. The Hall–Kier alpha value is -3.68. The highest BCUT2D eigenvalue weighted by Gasteiger charge is 2.47. The van der Waals surface area contributed by atoms with Crippen molar-refractivity contribution in [2.45, 2.75) is 44.3 Å². The number of carbonyl (C=O) groups excluding carboxylic acids is 3. The molecule has 1 fully saturated rings.